The Morgan fingerprint density at radius 2 is 2.11 bits per heavy atom. The summed E-state index contributed by atoms with van der Waals surface area (Å²) in [6.45, 7) is 4.30. The van der Waals surface area contributed by atoms with Crippen LogP contribution in [0.25, 0.3) is 0 Å². The highest BCUT2D eigenvalue weighted by Gasteiger charge is 1.94. The van der Waals surface area contributed by atoms with Crippen LogP contribution in [0.3, 0.4) is 0 Å². The summed E-state index contributed by atoms with van der Waals surface area (Å²) in [6.07, 6.45) is 6.61. The molecule has 0 bridgehead atoms. The largest absolute Gasteiger partial charge is 0.313 e. The van der Waals surface area contributed by atoms with E-state index in [1.807, 2.05) is 0 Å². The summed E-state index contributed by atoms with van der Waals surface area (Å²) in [7, 11) is 0. The van der Waals surface area contributed by atoms with Crippen molar-refractivity contribution in [3.63, 3.8) is 0 Å². The molecule has 0 aliphatic rings. The molecule has 0 rings (SSSR count). The van der Waals surface area contributed by atoms with Gasteiger partial charge in [-0.05, 0) is 18.6 Å². The Balaban J connectivity index is 2.96. The maximum atomic E-state index is 6.92. The zero-order chi connectivity index (χ0) is 7.11. The van der Waals surface area contributed by atoms with Crippen LogP contribution >= 0.6 is 0 Å². The molecule has 54 valence electrons. The lowest BCUT2D eigenvalue weighted by Crippen LogP contribution is -1.93. The number of nitrogens with one attached hydrogen (secondary N) is 1. The normalized spacial score (nSPS) is 13.1. The van der Waals surface area contributed by atoms with Gasteiger partial charge < -0.3 is 5.41 Å². The van der Waals surface area contributed by atoms with Gasteiger partial charge >= 0.3 is 0 Å². The monoisotopic (exact) mass is 127 g/mol. The van der Waals surface area contributed by atoms with Crippen LogP contribution < -0.4 is 0 Å². The van der Waals surface area contributed by atoms with Crippen molar-refractivity contribution in [1.29, 1.82) is 5.41 Å². The maximum Gasteiger partial charge on any atom is -0.00195 e. The molecule has 0 aromatic heterocycles. The average Bonchev–Trinajstić information content (AvgIpc) is 1.89. The van der Waals surface area contributed by atoms with E-state index in [-0.39, 0.29) is 0 Å². The molecule has 0 saturated carbocycles. The fraction of sp³-hybridized carbons (Fsp3) is 0.875. The van der Waals surface area contributed by atoms with E-state index in [0.717, 1.165) is 0 Å². The topological polar surface area (TPSA) is 23.9 Å². The number of hydrogen-bond donors (Lipinski definition) is 1. The minimum absolute atomic E-state index is 0.497. The first-order chi connectivity index (χ1) is 4.31. The lowest BCUT2D eigenvalue weighted by Gasteiger charge is -2.01. The van der Waals surface area contributed by atoms with Crippen LogP contribution in [-0.4, -0.2) is 6.21 Å². The Hall–Kier alpha value is -0.330. The molecule has 0 fully saturated rings. The van der Waals surface area contributed by atoms with Crippen LogP contribution in [0.1, 0.15) is 39.5 Å². The van der Waals surface area contributed by atoms with Gasteiger partial charge in [-0.2, -0.15) is 0 Å². The second-order valence-electron chi connectivity index (χ2n) is 2.64. The van der Waals surface area contributed by atoms with Gasteiger partial charge in [0.2, 0.25) is 0 Å². The van der Waals surface area contributed by atoms with E-state index in [4.69, 9.17) is 5.41 Å². The summed E-state index contributed by atoms with van der Waals surface area (Å²) >= 11 is 0. The van der Waals surface area contributed by atoms with Gasteiger partial charge in [0.25, 0.3) is 0 Å². The van der Waals surface area contributed by atoms with Crippen LogP contribution in [0.5, 0.6) is 0 Å². The van der Waals surface area contributed by atoms with Gasteiger partial charge in [0.1, 0.15) is 0 Å². The van der Waals surface area contributed by atoms with Gasteiger partial charge in [-0.25, -0.2) is 0 Å². The van der Waals surface area contributed by atoms with Crippen LogP contribution in [-0.2, 0) is 0 Å². The van der Waals surface area contributed by atoms with Crippen molar-refractivity contribution in [2.45, 2.75) is 39.5 Å². The fourth-order valence-corrected chi connectivity index (χ4v) is 0.800. The Kier molecular flexibility index (Phi) is 5.59. The quantitative estimate of drug-likeness (QED) is 0.434. The van der Waals surface area contributed by atoms with Crippen molar-refractivity contribution in [3.8, 4) is 0 Å². The van der Waals surface area contributed by atoms with Crippen molar-refractivity contribution >= 4 is 6.21 Å². The first kappa shape index (κ1) is 8.67. The van der Waals surface area contributed by atoms with Gasteiger partial charge in [0.05, 0.1) is 0 Å². The molecule has 0 aromatic rings. The third kappa shape index (κ3) is 5.54. The first-order valence-corrected chi connectivity index (χ1v) is 3.81. The van der Waals surface area contributed by atoms with Crippen LogP contribution in [0.4, 0.5) is 0 Å². The number of rotatable bonds is 5. The van der Waals surface area contributed by atoms with Crippen LogP contribution in [0, 0.1) is 11.3 Å². The summed E-state index contributed by atoms with van der Waals surface area (Å²) in [5.41, 5.74) is 0. The Morgan fingerprint density at radius 1 is 1.44 bits per heavy atom. The lowest BCUT2D eigenvalue weighted by atomic mass is 10.1. The molecule has 0 aliphatic carbocycles. The van der Waals surface area contributed by atoms with Crippen molar-refractivity contribution < 1.29 is 0 Å². The van der Waals surface area contributed by atoms with Crippen molar-refractivity contribution in [2.24, 2.45) is 5.92 Å². The van der Waals surface area contributed by atoms with E-state index >= 15 is 0 Å². The Morgan fingerprint density at radius 3 is 2.56 bits per heavy atom. The minimum Gasteiger partial charge on any atom is -0.313 e. The van der Waals surface area contributed by atoms with E-state index in [2.05, 4.69) is 13.8 Å². The highest BCUT2D eigenvalue weighted by atomic mass is 14.3. The smallest absolute Gasteiger partial charge is 0.00195 e. The van der Waals surface area contributed by atoms with Crippen LogP contribution in [0.2, 0.25) is 0 Å². The summed E-state index contributed by atoms with van der Waals surface area (Å²) in [5.74, 6) is 0.497. The summed E-state index contributed by atoms with van der Waals surface area (Å²) in [4.78, 5) is 0. The van der Waals surface area contributed by atoms with E-state index in [1.54, 1.807) is 0 Å². The molecule has 0 spiro atoms. The second kappa shape index (κ2) is 5.80. The number of unbranched alkanes of at least 4 members (excludes halogenated alkanes) is 2. The maximum absolute atomic E-state index is 6.92. The summed E-state index contributed by atoms with van der Waals surface area (Å²) < 4.78 is 0. The van der Waals surface area contributed by atoms with E-state index in [1.165, 1.54) is 31.9 Å². The molecule has 0 amide bonds. The average molecular weight is 127 g/mol. The predicted molar refractivity (Wildman–Crippen MR) is 42.1 cm³/mol. The molecule has 1 N–H and O–H groups in total. The third-order valence-electron chi connectivity index (χ3n) is 1.55. The molecule has 0 aromatic carbocycles. The molecular formula is C8H17N. The van der Waals surface area contributed by atoms with E-state index in [9.17, 15) is 0 Å². The molecule has 1 unspecified atom stereocenters. The molecule has 1 heteroatoms. The SMILES string of the molecule is CCCCCC(C)C=N. The highest BCUT2D eigenvalue weighted by Crippen LogP contribution is 2.05. The summed E-state index contributed by atoms with van der Waals surface area (Å²) in [5, 5.41) is 6.92. The molecule has 0 radical (unpaired) electrons. The molecule has 0 saturated heterocycles. The van der Waals surface area contributed by atoms with Crippen molar-refractivity contribution in [1.82, 2.24) is 0 Å². The molecule has 1 atom stereocenters. The van der Waals surface area contributed by atoms with Gasteiger partial charge in [-0.3, -0.25) is 0 Å². The standard InChI is InChI=1S/C8H17N/c1-3-4-5-6-8(2)7-9/h7-9H,3-6H2,1-2H3. The molecular weight excluding hydrogens is 110 g/mol. The first-order valence-electron chi connectivity index (χ1n) is 3.81. The lowest BCUT2D eigenvalue weighted by molar-refractivity contribution is 0.603. The van der Waals surface area contributed by atoms with Gasteiger partial charge in [0.15, 0.2) is 0 Å². The fourth-order valence-electron chi connectivity index (χ4n) is 0.800. The minimum atomic E-state index is 0.497. The van der Waals surface area contributed by atoms with Crippen LogP contribution in [0.15, 0.2) is 0 Å². The second-order valence-corrected chi connectivity index (χ2v) is 2.64. The van der Waals surface area contributed by atoms with Gasteiger partial charge in [0, 0.05) is 0 Å². The zero-order valence-corrected chi connectivity index (χ0v) is 6.48. The summed E-state index contributed by atoms with van der Waals surface area (Å²) in [6, 6.07) is 0. The van der Waals surface area contributed by atoms with Gasteiger partial charge in [-0.1, -0.05) is 33.1 Å². The molecule has 9 heavy (non-hydrogen) atoms. The predicted octanol–water partition coefficient (Wildman–Crippen LogP) is 2.85. The van der Waals surface area contributed by atoms with E-state index in [0.29, 0.717) is 5.92 Å². The molecule has 0 aliphatic heterocycles. The molecule has 0 heterocycles. The zero-order valence-electron chi connectivity index (χ0n) is 6.48. The third-order valence-corrected chi connectivity index (χ3v) is 1.55. The highest BCUT2D eigenvalue weighted by molar-refractivity contribution is 5.55. The Bertz CT molecular complexity index is 69.0. The van der Waals surface area contributed by atoms with E-state index < -0.39 is 0 Å². The Labute approximate surface area is 58.0 Å². The van der Waals surface area contributed by atoms with Crippen molar-refractivity contribution in [2.75, 3.05) is 0 Å². The molecule has 1 nitrogen and oxygen atoms in total. The van der Waals surface area contributed by atoms with Crippen molar-refractivity contribution in [3.05, 3.63) is 0 Å². The van der Waals surface area contributed by atoms with Gasteiger partial charge in [-0.15, -0.1) is 0 Å². The number of hydrogen-bond acceptors (Lipinski definition) is 1.